The van der Waals surface area contributed by atoms with Crippen LogP contribution in [0.2, 0.25) is 0 Å². The fourth-order valence-corrected chi connectivity index (χ4v) is 4.89. The third-order valence-electron chi connectivity index (χ3n) is 5.00. The van der Waals surface area contributed by atoms with Gasteiger partial charge in [-0.2, -0.15) is 0 Å². The molecule has 6 nitrogen and oxygen atoms in total. The number of hydrogen-bond donors (Lipinski definition) is 1. The van der Waals surface area contributed by atoms with E-state index in [0.29, 0.717) is 0 Å². The summed E-state index contributed by atoms with van der Waals surface area (Å²) in [6.07, 6.45) is 2.19. The molecule has 2 heterocycles. The van der Waals surface area contributed by atoms with Crippen LogP contribution in [0.1, 0.15) is 31.0 Å². The Morgan fingerprint density at radius 3 is 2.56 bits per heavy atom. The van der Waals surface area contributed by atoms with Gasteiger partial charge in [0.2, 0.25) is 0 Å². The maximum Gasteiger partial charge on any atom is 0.191 e. The van der Waals surface area contributed by atoms with Crippen LogP contribution in [-0.2, 0) is 12.3 Å². The minimum Gasteiger partial charge on any atom is -0.497 e. The van der Waals surface area contributed by atoms with Crippen LogP contribution in [0.25, 0.3) is 11.4 Å². The van der Waals surface area contributed by atoms with Gasteiger partial charge in [-0.05, 0) is 49.7 Å². The molecule has 0 radical (unpaired) electrons. The normalized spacial score (nSPS) is 11.0. The van der Waals surface area contributed by atoms with Crippen LogP contribution in [0.5, 0.6) is 5.75 Å². The van der Waals surface area contributed by atoms with Crippen molar-refractivity contribution in [2.45, 2.75) is 44.1 Å². The lowest BCUT2D eigenvalue weighted by Crippen LogP contribution is -2.03. The fraction of sp³-hybridized carbons (Fsp3) is 0.292. The van der Waals surface area contributed by atoms with Gasteiger partial charge < -0.3 is 14.6 Å². The van der Waals surface area contributed by atoms with E-state index in [9.17, 15) is 0 Å². The molecule has 0 amide bonds. The van der Waals surface area contributed by atoms with Gasteiger partial charge in [0.25, 0.3) is 0 Å². The van der Waals surface area contributed by atoms with E-state index in [1.165, 1.54) is 5.56 Å². The Hall–Kier alpha value is -2.84. The highest BCUT2D eigenvalue weighted by Gasteiger charge is 2.15. The maximum absolute atomic E-state index is 5.28. The van der Waals surface area contributed by atoms with Crippen LogP contribution < -0.4 is 10.1 Å². The van der Waals surface area contributed by atoms with Gasteiger partial charge in [-0.3, -0.25) is 0 Å². The molecule has 2 aromatic heterocycles. The summed E-state index contributed by atoms with van der Waals surface area (Å²) in [5.41, 5.74) is 4.37. The number of benzene rings is 2. The zero-order valence-corrected chi connectivity index (χ0v) is 20.2. The van der Waals surface area contributed by atoms with Crippen molar-refractivity contribution in [3.8, 4) is 17.1 Å². The van der Waals surface area contributed by atoms with Crippen LogP contribution in [-0.4, -0.2) is 26.9 Å². The number of unbranched alkanes of at least 4 members (excludes halogenated alkanes) is 1. The topological polar surface area (TPSA) is 64.9 Å². The maximum atomic E-state index is 5.28. The molecule has 166 valence electrons. The molecule has 0 unspecified atom stereocenters. The Labute approximate surface area is 197 Å². The van der Waals surface area contributed by atoms with E-state index in [1.54, 1.807) is 30.2 Å². The molecule has 0 saturated heterocycles. The average molecular weight is 466 g/mol. The van der Waals surface area contributed by atoms with Gasteiger partial charge in [-0.25, -0.2) is 4.98 Å². The number of rotatable bonds is 10. The first kappa shape index (κ1) is 22.4. The van der Waals surface area contributed by atoms with Gasteiger partial charge in [0, 0.05) is 28.9 Å². The van der Waals surface area contributed by atoms with E-state index < -0.39 is 0 Å². The molecule has 0 aliphatic rings. The van der Waals surface area contributed by atoms with Gasteiger partial charge in [-0.15, -0.1) is 21.5 Å². The van der Waals surface area contributed by atoms with Crippen molar-refractivity contribution in [3.05, 3.63) is 65.2 Å². The zero-order valence-electron chi connectivity index (χ0n) is 18.5. The first-order chi connectivity index (χ1) is 15.7. The number of hydrogen-bond acceptors (Lipinski definition) is 7. The van der Waals surface area contributed by atoms with Crippen molar-refractivity contribution >= 4 is 33.9 Å². The second kappa shape index (κ2) is 10.7. The molecular formula is C24H27N5OS2. The number of aryl methyl sites for hydroxylation is 1. The molecule has 1 N–H and O–H groups in total. The minimum atomic E-state index is 0.749. The van der Waals surface area contributed by atoms with Crippen molar-refractivity contribution in [1.29, 1.82) is 0 Å². The molecule has 0 aliphatic heterocycles. The Kier molecular flexibility index (Phi) is 7.44. The summed E-state index contributed by atoms with van der Waals surface area (Å²) in [6, 6.07) is 16.3. The number of thiazole rings is 1. The molecule has 0 atom stereocenters. The molecule has 0 aliphatic carbocycles. The lowest BCUT2D eigenvalue weighted by molar-refractivity contribution is 0.415. The molecule has 0 fully saturated rings. The average Bonchev–Trinajstić information content (AvgIpc) is 3.44. The van der Waals surface area contributed by atoms with Crippen LogP contribution in [0.3, 0.4) is 0 Å². The summed E-state index contributed by atoms with van der Waals surface area (Å²) < 4.78 is 7.50. The molecule has 32 heavy (non-hydrogen) atoms. The molecule has 8 heteroatoms. The summed E-state index contributed by atoms with van der Waals surface area (Å²) in [7, 11) is 1.67. The Morgan fingerprint density at radius 2 is 1.84 bits per heavy atom. The van der Waals surface area contributed by atoms with Crippen LogP contribution >= 0.6 is 23.1 Å². The molecule has 0 bridgehead atoms. The summed E-state index contributed by atoms with van der Waals surface area (Å²) in [6.45, 7) is 5.17. The summed E-state index contributed by atoms with van der Waals surface area (Å²) in [4.78, 5) is 4.73. The van der Waals surface area contributed by atoms with E-state index in [1.807, 2.05) is 24.3 Å². The van der Waals surface area contributed by atoms with Crippen molar-refractivity contribution in [2.24, 2.45) is 0 Å². The number of anilines is 2. The highest BCUT2D eigenvalue weighted by molar-refractivity contribution is 7.98. The number of nitrogens with zero attached hydrogens (tertiary/aromatic N) is 4. The Balaban J connectivity index is 1.46. The van der Waals surface area contributed by atoms with Crippen LogP contribution in [0.4, 0.5) is 10.8 Å². The number of methoxy groups -OCH3 is 1. The van der Waals surface area contributed by atoms with Crippen molar-refractivity contribution in [3.63, 3.8) is 0 Å². The summed E-state index contributed by atoms with van der Waals surface area (Å²) in [5, 5.41) is 16.3. The third kappa shape index (κ3) is 5.49. The lowest BCUT2D eigenvalue weighted by Gasteiger charge is -2.09. The standard InChI is InChI=1S/C24H27N5OS2/c1-4-5-14-29-22(18-8-12-21(30-3)13-9-18)27-28-24(29)32-16-20-15-31-23(26-20)25-19-10-6-17(2)7-11-19/h6-13,15H,4-5,14,16H2,1-3H3,(H,25,26). The minimum absolute atomic E-state index is 0.749. The highest BCUT2D eigenvalue weighted by Crippen LogP contribution is 2.29. The third-order valence-corrected chi connectivity index (χ3v) is 6.81. The van der Waals surface area contributed by atoms with E-state index >= 15 is 0 Å². The predicted molar refractivity (Wildman–Crippen MR) is 133 cm³/mol. The molecule has 0 saturated carbocycles. The molecule has 2 aromatic carbocycles. The lowest BCUT2D eigenvalue weighted by atomic mass is 10.2. The van der Waals surface area contributed by atoms with Crippen LogP contribution in [0, 0.1) is 6.92 Å². The van der Waals surface area contributed by atoms with E-state index in [-0.39, 0.29) is 0 Å². The largest absolute Gasteiger partial charge is 0.497 e. The number of ether oxygens (including phenoxy) is 1. The molecule has 4 aromatic rings. The van der Waals surface area contributed by atoms with Crippen molar-refractivity contribution in [1.82, 2.24) is 19.7 Å². The summed E-state index contributed by atoms with van der Waals surface area (Å²) in [5.74, 6) is 2.48. The van der Waals surface area contributed by atoms with Gasteiger partial charge in [-0.1, -0.05) is 42.8 Å². The van der Waals surface area contributed by atoms with Crippen molar-refractivity contribution < 1.29 is 4.74 Å². The first-order valence-corrected chi connectivity index (χ1v) is 12.5. The predicted octanol–water partition coefficient (Wildman–Crippen LogP) is 6.55. The number of thioether (sulfide) groups is 1. The van der Waals surface area contributed by atoms with E-state index in [0.717, 1.165) is 63.9 Å². The SMILES string of the molecule is CCCCn1c(SCc2csc(Nc3ccc(C)cc3)n2)nnc1-c1ccc(OC)cc1. The Morgan fingerprint density at radius 1 is 1.06 bits per heavy atom. The Bertz CT molecular complexity index is 1140. The zero-order chi connectivity index (χ0) is 22.3. The first-order valence-electron chi connectivity index (χ1n) is 10.6. The van der Waals surface area contributed by atoms with E-state index in [2.05, 4.69) is 63.6 Å². The number of nitrogens with one attached hydrogen (secondary N) is 1. The monoisotopic (exact) mass is 465 g/mol. The highest BCUT2D eigenvalue weighted by atomic mass is 32.2. The van der Waals surface area contributed by atoms with Gasteiger partial charge in [0.1, 0.15) is 5.75 Å². The van der Waals surface area contributed by atoms with Gasteiger partial charge >= 0.3 is 0 Å². The molecule has 0 spiro atoms. The fourth-order valence-electron chi connectivity index (χ4n) is 3.20. The molecular weight excluding hydrogens is 438 g/mol. The van der Waals surface area contributed by atoms with Crippen molar-refractivity contribution in [2.75, 3.05) is 12.4 Å². The molecule has 4 rings (SSSR count). The quantitative estimate of drug-likeness (QED) is 0.268. The van der Waals surface area contributed by atoms with Crippen LogP contribution in [0.15, 0.2) is 59.1 Å². The smallest absolute Gasteiger partial charge is 0.191 e. The second-order valence-corrected chi connectivity index (χ2v) is 9.26. The summed E-state index contributed by atoms with van der Waals surface area (Å²) >= 11 is 3.29. The second-order valence-electron chi connectivity index (χ2n) is 7.46. The number of aromatic nitrogens is 4. The van der Waals surface area contributed by atoms with E-state index in [4.69, 9.17) is 9.72 Å². The van der Waals surface area contributed by atoms with Gasteiger partial charge in [0.05, 0.1) is 12.8 Å². The van der Waals surface area contributed by atoms with Gasteiger partial charge in [0.15, 0.2) is 16.1 Å².